The van der Waals surface area contributed by atoms with Crippen LogP contribution in [0.4, 0.5) is 11.4 Å². The lowest BCUT2D eigenvalue weighted by atomic mass is 10.1. The average Bonchev–Trinajstić information content (AvgIpc) is 2.83. The van der Waals surface area contributed by atoms with Gasteiger partial charge >= 0.3 is 0 Å². The first-order chi connectivity index (χ1) is 15.5. The zero-order chi connectivity index (χ0) is 22.5. The number of hydrogen-bond acceptors (Lipinski definition) is 5. The van der Waals surface area contributed by atoms with Gasteiger partial charge in [-0.25, -0.2) is 4.98 Å². The molecule has 32 heavy (non-hydrogen) atoms. The van der Waals surface area contributed by atoms with E-state index in [1.54, 1.807) is 6.07 Å². The minimum absolute atomic E-state index is 0.0827. The highest BCUT2D eigenvalue weighted by atomic mass is 16.2. The SMILES string of the molecule is CCN(Cc1nc2ccccc2c(=O)[nH]1)C(C)C(=O)Nc1ccc(N2CCCCC2)cc1. The molecular weight excluding hydrogens is 402 g/mol. The summed E-state index contributed by atoms with van der Waals surface area (Å²) in [6.07, 6.45) is 3.78. The molecule has 1 fully saturated rings. The lowest BCUT2D eigenvalue weighted by Crippen LogP contribution is -2.42. The first-order valence-electron chi connectivity index (χ1n) is 11.4. The van der Waals surface area contributed by atoms with Crippen LogP contribution in [0.2, 0.25) is 0 Å². The molecule has 0 spiro atoms. The number of amides is 1. The van der Waals surface area contributed by atoms with Crippen LogP contribution in [0, 0.1) is 0 Å². The Labute approximate surface area is 188 Å². The Hall–Kier alpha value is -3.19. The molecule has 1 aliphatic heterocycles. The maximum atomic E-state index is 12.9. The number of carbonyl (C=O) groups is 1. The molecule has 1 amide bonds. The van der Waals surface area contributed by atoms with Gasteiger partial charge in [0, 0.05) is 24.5 Å². The second-order valence-corrected chi connectivity index (χ2v) is 8.35. The highest BCUT2D eigenvalue weighted by molar-refractivity contribution is 5.94. The largest absolute Gasteiger partial charge is 0.372 e. The van der Waals surface area contributed by atoms with Crippen molar-refractivity contribution in [3.8, 4) is 0 Å². The Morgan fingerprint density at radius 1 is 1.12 bits per heavy atom. The number of nitrogens with zero attached hydrogens (tertiary/aromatic N) is 3. The molecule has 1 atom stereocenters. The number of aromatic nitrogens is 2. The minimum atomic E-state index is -0.376. The Morgan fingerprint density at radius 3 is 2.56 bits per heavy atom. The number of aromatic amines is 1. The summed E-state index contributed by atoms with van der Waals surface area (Å²) in [6, 6.07) is 15.0. The minimum Gasteiger partial charge on any atom is -0.372 e. The van der Waals surface area contributed by atoms with Crippen LogP contribution in [0.3, 0.4) is 0 Å². The van der Waals surface area contributed by atoms with Crippen molar-refractivity contribution < 1.29 is 4.79 Å². The quantitative estimate of drug-likeness (QED) is 0.593. The summed E-state index contributed by atoms with van der Waals surface area (Å²) in [7, 11) is 0. The van der Waals surface area contributed by atoms with Gasteiger partial charge in [0.2, 0.25) is 5.91 Å². The van der Waals surface area contributed by atoms with Crippen LogP contribution in [0.5, 0.6) is 0 Å². The molecule has 3 aromatic rings. The molecule has 0 radical (unpaired) electrons. The summed E-state index contributed by atoms with van der Waals surface area (Å²) in [5.41, 5.74) is 2.49. The Kier molecular flexibility index (Phi) is 6.85. The summed E-state index contributed by atoms with van der Waals surface area (Å²) in [6.45, 7) is 7.10. The monoisotopic (exact) mass is 433 g/mol. The molecule has 168 valence electrons. The zero-order valence-corrected chi connectivity index (χ0v) is 18.8. The fourth-order valence-corrected chi connectivity index (χ4v) is 4.24. The Morgan fingerprint density at radius 2 is 1.84 bits per heavy atom. The molecule has 7 heteroatoms. The van der Waals surface area contributed by atoms with Crippen molar-refractivity contribution in [1.29, 1.82) is 0 Å². The third-order valence-corrected chi connectivity index (χ3v) is 6.20. The molecule has 2 N–H and O–H groups in total. The van der Waals surface area contributed by atoms with Crippen molar-refractivity contribution in [2.24, 2.45) is 0 Å². The number of nitrogens with one attached hydrogen (secondary N) is 2. The van der Waals surface area contributed by atoms with E-state index in [0.717, 1.165) is 18.8 Å². The molecule has 1 saturated heterocycles. The highest BCUT2D eigenvalue weighted by Crippen LogP contribution is 2.22. The van der Waals surface area contributed by atoms with Gasteiger partial charge in [-0.3, -0.25) is 14.5 Å². The molecule has 4 rings (SSSR count). The van der Waals surface area contributed by atoms with E-state index in [-0.39, 0.29) is 17.5 Å². The average molecular weight is 434 g/mol. The molecule has 0 saturated carbocycles. The van der Waals surface area contributed by atoms with Crippen LogP contribution >= 0.6 is 0 Å². The standard InChI is InChI=1S/C25H31N5O2/c1-3-29(17-23-27-22-10-6-5-9-21(22)25(32)28-23)18(2)24(31)26-19-11-13-20(14-12-19)30-15-7-4-8-16-30/h5-6,9-14,18H,3-4,7-8,15-17H2,1-2H3,(H,26,31)(H,27,28,32). The van der Waals surface area contributed by atoms with E-state index in [1.165, 1.54) is 24.9 Å². The normalized spacial score (nSPS) is 15.2. The number of anilines is 2. The molecular formula is C25H31N5O2. The van der Waals surface area contributed by atoms with Crippen molar-refractivity contribution in [3.05, 3.63) is 64.7 Å². The first-order valence-corrected chi connectivity index (χ1v) is 11.4. The van der Waals surface area contributed by atoms with Gasteiger partial charge in [0.1, 0.15) is 5.82 Å². The van der Waals surface area contributed by atoms with Gasteiger partial charge < -0.3 is 15.2 Å². The molecule has 0 aliphatic carbocycles. The van der Waals surface area contributed by atoms with Gasteiger partial charge in [-0.1, -0.05) is 19.1 Å². The number of likely N-dealkylation sites (N-methyl/N-ethyl adjacent to an activating group) is 1. The summed E-state index contributed by atoms with van der Waals surface area (Å²) in [5.74, 6) is 0.474. The van der Waals surface area contributed by atoms with E-state index >= 15 is 0 Å². The number of para-hydroxylation sites is 1. The van der Waals surface area contributed by atoms with Gasteiger partial charge in [0.05, 0.1) is 23.5 Å². The number of carbonyl (C=O) groups excluding carboxylic acids is 1. The fourth-order valence-electron chi connectivity index (χ4n) is 4.24. The predicted molar refractivity (Wildman–Crippen MR) is 129 cm³/mol. The number of H-pyrrole nitrogens is 1. The summed E-state index contributed by atoms with van der Waals surface area (Å²) < 4.78 is 0. The third kappa shape index (κ3) is 4.99. The lowest BCUT2D eigenvalue weighted by molar-refractivity contribution is -0.120. The second kappa shape index (κ2) is 9.96. The number of benzene rings is 2. The molecule has 0 bridgehead atoms. The van der Waals surface area contributed by atoms with Crippen LogP contribution in [-0.2, 0) is 11.3 Å². The summed E-state index contributed by atoms with van der Waals surface area (Å²) in [5, 5.41) is 3.59. The topological polar surface area (TPSA) is 81.3 Å². The van der Waals surface area contributed by atoms with E-state index in [0.29, 0.717) is 29.8 Å². The second-order valence-electron chi connectivity index (χ2n) is 8.35. The molecule has 2 heterocycles. The van der Waals surface area contributed by atoms with Crippen molar-refractivity contribution in [1.82, 2.24) is 14.9 Å². The van der Waals surface area contributed by atoms with Crippen LogP contribution in [0.15, 0.2) is 53.3 Å². The van der Waals surface area contributed by atoms with Gasteiger partial charge in [0.25, 0.3) is 5.56 Å². The van der Waals surface area contributed by atoms with E-state index in [1.807, 2.05) is 49.1 Å². The highest BCUT2D eigenvalue weighted by Gasteiger charge is 2.21. The van der Waals surface area contributed by atoms with Crippen LogP contribution in [0.25, 0.3) is 10.9 Å². The molecule has 7 nitrogen and oxygen atoms in total. The fraction of sp³-hybridized carbons (Fsp3) is 0.400. The van der Waals surface area contributed by atoms with Crippen LogP contribution in [0.1, 0.15) is 38.9 Å². The molecule has 1 unspecified atom stereocenters. The van der Waals surface area contributed by atoms with E-state index in [4.69, 9.17) is 0 Å². The lowest BCUT2D eigenvalue weighted by Gasteiger charge is -2.29. The van der Waals surface area contributed by atoms with E-state index in [2.05, 4.69) is 32.3 Å². The maximum Gasteiger partial charge on any atom is 0.258 e. The van der Waals surface area contributed by atoms with Crippen molar-refractivity contribution in [2.75, 3.05) is 29.9 Å². The maximum absolute atomic E-state index is 12.9. The molecule has 1 aromatic heterocycles. The molecule has 1 aliphatic rings. The van der Waals surface area contributed by atoms with E-state index in [9.17, 15) is 9.59 Å². The third-order valence-electron chi connectivity index (χ3n) is 6.20. The van der Waals surface area contributed by atoms with Crippen molar-refractivity contribution in [3.63, 3.8) is 0 Å². The first kappa shape index (κ1) is 22.0. The van der Waals surface area contributed by atoms with Crippen LogP contribution in [-0.4, -0.2) is 46.5 Å². The Bertz CT molecular complexity index is 1120. The van der Waals surface area contributed by atoms with Crippen LogP contribution < -0.4 is 15.8 Å². The Balaban J connectivity index is 1.41. The number of piperidine rings is 1. The summed E-state index contributed by atoms with van der Waals surface area (Å²) >= 11 is 0. The zero-order valence-electron chi connectivity index (χ0n) is 18.8. The smallest absolute Gasteiger partial charge is 0.258 e. The van der Waals surface area contributed by atoms with Gasteiger partial charge in [-0.15, -0.1) is 0 Å². The van der Waals surface area contributed by atoms with Gasteiger partial charge in [-0.2, -0.15) is 0 Å². The van der Waals surface area contributed by atoms with Gasteiger partial charge in [0.15, 0.2) is 0 Å². The van der Waals surface area contributed by atoms with Crippen molar-refractivity contribution in [2.45, 2.75) is 45.7 Å². The van der Waals surface area contributed by atoms with Gasteiger partial charge in [-0.05, 0) is 69.1 Å². The number of rotatable bonds is 7. The number of fused-ring (bicyclic) bond motifs is 1. The predicted octanol–water partition coefficient (Wildman–Crippen LogP) is 3.76. The van der Waals surface area contributed by atoms with Crippen molar-refractivity contribution >= 4 is 28.2 Å². The number of hydrogen-bond donors (Lipinski definition) is 2. The summed E-state index contributed by atoms with van der Waals surface area (Å²) in [4.78, 5) is 37.1. The molecule has 2 aromatic carbocycles. The van der Waals surface area contributed by atoms with E-state index < -0.39 is 0 Å².